The first-order valence-electron chi connectivity index (χ1n) is 11.2. The molecule has 1 aliphatic heterocycles. The lowest BCUT2D eigenvalue weighted by Gasteiger charge is -2.23. The lowest BCUT2D eigenvalue weighted by Crippen LogP contribution is -2.36. The van der Waals surface area contributed by atoms with E-state index in [1.165, 1.54) is 12.1 Å². The Hall–Kier alpha value is -3.35. The molecule has 7 heteroatoms. The predicted molar refractivity (Wildman–Crippen MR) is 121 cm³/mol. The van der Waals surface area contributed by atoms with Gasteiger partial charge in [-0.2, -0.15) is 5.10 Å². The van der Waals surface area contributed by atoms with E-state index >= 15 is 0 Å². The molecule has 166 valence electrons. The van der Waals surface area contributed by atoms with Gasteiger partial charge in [-0.15, -0.1) is 0 Å². The number of benzene rings is 2. The van der Waals surface area contributed by atoms with Gasteiger partial charge >= 0.3 is 0 Å². The van der Waals surface area contributed by atoms with Gasteiger partial charge in [0.05, 0.1) is 12.8 Å². The van der Waals surface area contributed by atoms with Gasteiger partial charge in [0.25, 0.3) is 5.91 Å². The summed E-state index contributed by atoms with van der Waals surface area (Å²) in [6.07, 6.45) is 3.67. The van der Waals surface area contributed by atoms with Gasteiger partial charge in [0, 0.05) is 43.1 Å². The third-order valence-corrected chi connectivity index (χ3v) is 6.42. The second kappa shape index (κ2) is 8.65. The number of methoxy groups -OCH3 is 1. The second-order valence-electron chi connectivity index (χ2n) is 8.35. The Labute approximate surface area is 187 Å². The number of aromatic nitrogens is 2. The molecule has 1 aromatic heterocycles. The molecular formula is C25H27FN4O2. The molecule has 5 rings (SSSR count). The molecule has 0 radical (unpaired) electrons. The fraction of sp³-hybridized carbons (Fsp3) is 0.360. The van der Waals surface area contributed by atoms with E-state index in [1.807, 2.05) is 21.7 Å². The van der Waals surface area contributed by atoms with E-state index in [-0.39, 0.29) is 11.7 Å². The van der Waals surface area contributed by atoms with E-state index in [9.17, 15) is 9.18 Å². The number of halogens is 1. The van der Waals surface area contributed by atoms with Crippen LogP contribution in [0.5, 0.6) is 5.75 Å². The van der Waals surface area contributed by atoms with Crippen molar-refractivity contribution in [3.8, 4) is 11.4 Å². The summed E-state index contributed by atoms with van der Waals surface area (Å²) >= 11 is 0. The SMILES string of the molecule is COc1ccc(N2CCCN(C(=O)c3nn(-c4ccc(F)cc4)c4c3CCC4)CC2)cc1. The van der Waals surface area contributed by atoms with Crippen LogP contribution in [-0.2, 0) is 12.8 Å². The lowest BCUT2D eigenvalue weighted by molar-refractivity contribution is 0.0759. The first-order valence-corrected chi connectivity index (χ1v) is 11.2. The van der Waals surface area contributed by atoms with Crippen LogP contribution in [0.25, 0.3) is 5.69 Å². The fourth-order valence-electron chi connectivity index (χ4n) is 4.73. The van der Waals surface area contributed by atoms with Crippen LogP contribution in [-0.4, -0.2) is 53.9 Å². The Bertz CT molecular complexity index is 1110. The Balaban J connectivity index is 1.35. The van der Waals surface area contributed by atoms with Gasteiger partial charge in [-0.3, -0.25) is 4.79 Å². The van der Waals surface area contributed by atoms with Crippen LogP contribution >= 0.6 is 0 Å². The molecule has 0 N–H and O–H groups in total. The standard InChI is InChI=1S/C25H27FN4O2/c1-32-21-12-10-19(11-13-21)28-14-3-15-29(17-16-28)25(31)24-22-4-2-5-23(22)30(27-24)20-8-6-18(26)7-9-20/h6-13H,2-5,14-17H2,1H3. The fourth-order valence-corrected chi connectivity index (χ4v) is 4.73. The summed E-state index contributed by atoms with van der Waals surface area (Å²) < 4.78 is 20.5. The highest BCUT2D eigenvalue weighted by molar-refractivity contribution is 5.94. The third kappa shape index (κ3) is 3.83. The van der Waals surface area contributed by atoms with Gasteiger partial charge in [-0.25, -0.2) is 9.07 Å². The van der Waals surface area contributed by atoms with Gasteiger partial charge in [-0.1, -0.05) is 0 Å². The number of ether oxygens (including phenoxy) is 1. The molecule has 0 spiro atoms. The number of fused-ring (bicyclic) bond motifs is 1. The Morgan fingerprint density at radius 2 is 1.66 bits per heavy atom. The van der Waals surface area contributed by atoms with Crippen molar-refractivity contribution in [3.05, 3.63) is 71.3 Å². The lowest BCUT2D eigenvalue weighted by atomic mass is 10.2. The minimum absolute atomic E-state index is 0.000549. The zero-order valence-corrected chi connectivity index (χ0v) is 18.3. The largest absolute Gasteiger partial charge is 0.497 e. The van der Waals surface area contributed by atoms with E-state index in [0.29, 0.717) is 18.8 Å². The molecule has 1 fully saturated rings. The normalized spacial score (nSPS) is 16.1. The molecule has 32 heavy (non-hydrogen) atoms. The van der Waals surface area contributed by atoms with Crippen molar-refractivity contribution >= 4 is 11.6 Å². The Morgan fingerprint density at radius 3 is 2.41 bits per heavy atom. The van der Waals surface area contributed by atoms with Gasteiger partial charge in [0.2, 0.25) is 0 Å². The van der Waals surface area contributed by atoms with Crippen LogP contribution in [0.2, 0.25) is 0 Å². The molecule has 0 unspecified atom stereocenters. The zero-order chi connectivity index (χ0) is 22.1. The van der Waals surface area contributed by atoms with Crippen LogP contribution in [0.15, 0.2) is 48.5 Å². The van der Waals surface area contributed by atoms with Gasteiger partial charge in [-0.05, 0) is 74.2 Å². The van der Waals surface area contributed by atoms with Crippen LogP contribution in [0.3, 0.4) is 0 Å². The minimum atomic E-state index is -0.278. The summed E-state index contributed by atoms with van der Waals surface area (Å²) in [4.78, 5) is 17.7. The maximum absolute atomic E-state index is 13.5. The quantitative estimate of drug-likeness (QED) is 0.626. The summed E-state index contributed by atoms with van der Waals surface area (Å²) in [5, 5.41) is 4.71. The molecule has 0 saturated carbocycles. The first kappa shape index (κ1) is 20.5. The number of hydrogen-bond acceptors (Lipinski definition) is 4. The van der Waals surface area contributed by atoms with E-state index in [2.05, 4.69) is 17.0 Å². The van der Waals surface area contributed by atoms with Crippen molar-refractivity contribution in [1.82, 2.24) is 14.7 Å². The number of hydrogen-bond donors (Lipinski definition) is 0. The maximum atomic E-state index is 13.5. The number of nitrogens with zero attached hydrogens (tertiary/aromatic N) is 4. The van der Waals surface area contributed by atoms with E-state index in [0.717, 1.165) is 67.2 Å². The highest BCUT2D eigenvalue weighted by Crippen LogP contribution is 2.29. The number of carbonyl (C=O) groups is 1. The highest BCUT2D eigenvalue weighted by Gasteiger charge is 2.30. The molecular weight excluding hydrogens is 407 g/mol. The molecule has 1 aliphatic carbocycles. The smallest absolute Gasteiger partial charge is 0.274 e. The topological polar surface area (TPSA) is 50.6 Å². The molecule has 0 bridgehead atoms. The average molecular weight is 435 g/mol. The van der Waals surface area contributed by atoms with Gasteiger partial charge in [0.15, 0.2) is 5.69 Å². The number of rotatable bonds is 4. The molecule has 6 nitrogen and oxygen atoms in total. The summed E-state index contributed by atoms with van der Waals surface area (Å²) in [7, 11) is 1.67. The number of carbonyl (C=O) groups excluding carboxylic acids is 1. The summed E-state index contributed by atoms with van der Waals surface area (Å²) in [6, 6.07) is 14.4. The molecule has 2 aliphatic rings. The van der Waals surface area contributed by atoms with E-state index < -0.39 is 0 Å². The predicted octanol–water partition coefficient (Wildman–Crippen LogP) is 3.86. The monoisotopic (exact) mass is 434 g/mol. The Morgan fingerprint density at radius 1 is 0.906 bits per heavy atom. The maximum Gasteiger partial charge on any atom is 0.274 e. The van der Waals surface area contributed by atoms with Crippen LogP contribution < -0.4 is 9.64 Å². The molecule has 1 amide bonds. The second-order valence-corrected chi connectivity index (χ2v) is 8.35. The first-order chi connectivity index (χ1) is 15.6. The van der Waals surface area contributed by atoms with Crippen molar-refractivity contribution in [1.29, 1.82) is 0 Å². The highest BCUT2D eigenvalue weighted by atomic mass is 19.1. The van der Waals surface area contributed by atoms with Gasteiger partial charge in [0.1, 0.15) is 11.6 Å². The van der Waals surface area contributed by atoms with Crippen molar-refractivity contribution < 1.29 is 13.9 Å². The molecule has 1 saturated heterocycles. The third-order valence-electron chi connectivity index (χ3n) is 6.42. The molecule has 2 aromatic carbocycles. The van der Waals surface area contributed by atoms with Crippen LogP contribution in [0.4, 0.5) is 10.1 Å². The van der Waals surface area contributed by atoms with E-state index in [1.54, 1.807) is 19.2 Å². The number of anilines is 1. The van der Waals surface area contributed by atoms with Crippen molar-refractivity contribution in [2.75, 3.05) is 38.2 Å². The summed E-state index contributed by atoms with van der Waals surface area (Å²) in [6.45, 7) is 3.05. The van der Waals surface area contributed by atoms with Crippen molar-refractivity contribution in [3.63, 3.8) is 0 Å². The molecule has 3 aromatic rings. The number of amides is 1. The average Bonchev–Trinajstić information content (AvgIpc) is 3.34. The molecule has 2 heterocycles. The van der Waals surface area contributed by atoms with Crippen molar-refractivity contribution in [2.45, 2.75) is 25.7 Å². The summed E-state index contributed by atoms with van der Waals surface area (Å²) in [5.74, 6) is 0.561. The minimum Gasteiger partial charge on any atom is -0.497 e. The van der Waals surface area contributed by atoms with Crippen LogP contribution in [0.1, 0.15) is 34.6 Å². The molecule has 0 atom stereocenters. The Kier molecular flexibility index (Phi) is 5.55. The van der Waals surface area contributed by atoms with E-state index in [4.69, 9.17) is 9.84 Å². The zero-order valence-electron chi connectivity index (χ0n) is 18.3. The van der Waals surface area contributed by atoms with Crippen molar-refractivity contribution in [2.24, 2.45) is 0 Å². The van der Waals surface area contributed by atoms with Gasteiger partial charge < -0.3 is 14.5 Å². The summed E-state index contributed by atoms with van der Waals surface area (Å²) in [5.41, 5.74) is 4.62. The van der Waals surface area contributed by atoms with Crippen LogP contribution in [0, 0.1) is 5.82 Å².